The number of rotatable bonds is 3. The van der Waals surface area contributed by atoms with Gasteiger partial charge in [-0.2, -0.15) is 0 Å². The molecule has 0 radical (unpaired) electrons. The molecule has 0 amide bonds. The second kappa shape index (κ2) is 4.59. The summed E-state index contributed by atoms with van der Waals surface area (Å²) in [6, 6.07) is 15.4. The molecule has 0 saturated heterocycles. The lowest BCUT2D eigenvalue weighted by molar-refractivity contribution is -0.137. The molecule has 2 aromatic carbocycles. The first-order chi connectivity index (χ1) is 7.83. The van der Waals surface area contributed by atoms with Crippen LogP contribution in [0.25, 0.3) is 0 Å². The molecule has 3 nitrogen and oxygen atoms in total. The van der Waals surface area contributed by atoms with Gasteiger partial charge >= 0.3 is 0 Å². The summed E-state index contributed by atoms with van der Waals surface area (Å²) in [5.41, 5.74) is 0.906. The molecule has 80 valence electrons. The van der Waals surface area contributed by atoms with Crippen LogP contribution in [0.3, 0.4) is 0 Å². The first-order valence-corrected chi connectivity index (χ1v) is 4.83. The summed E-state index contributed by atoms with van der Waals surface area (Å²) in [5, 5.41) is 8.66. The highest BCUT2D eigenvalue weighted by molar-refractivity contribution is 6.10. The van der Waals surface area contributed by atoms with E-state index < -0.39 is 0 Å². The molecule has 0 fully saturated rings. The molecule has 2 rings (SSSR count). The first-order valence-electron chi connectivity index (χ1n) is 4.83. The highest BCUT2D eigenvalue weighted by Gasteiger charge is 2.13. The Morgan fingerprint density at radius 3 is 2.25 bits per heavy atom. The monoisotopic (exact) mass is 214 g/mol. The molecule has 0 atom stereocenters. The average molecular weight is 214 g/mol. The molecule has 1 N–H and O–H groups in total. The number of carbonyl (C=O) groups is 1. The van der Waals surface area contributed by atoms with Crippen molar-refractivity contribution in [3.8, 4) is 5.75 Å². The maximum absolute atomic E-state index is 12.0. The van der Waals surface area contributed by atoms with E-state index in [0.717, 1.165) is 0 Å². The Hall–Kier alpha value is -2.13. The lowest BCUT2D eigenvalue weighted by atomic mass is 10.0. The summed E-state index contributed by atoms with van der Waals surface area (Å²) in [6.45, 7) is 0. The summed E-state index contributed by atoms with van der Waals surface area (Å²) in [4.78, 5) is 16.2. The molecular weight excluding hydrogens is 204 g/mol. The van der Waals surface area contributed by atoms with Crippen molar-refractivity contribution in [3.05, 3.63) is 65.7 Å². The molecule has 0 heterocycles. The van der Waals surface area contributed by atoms with Crippen molar-refractivity contribution in [2.45, 2.75) is 0 Å². The van der Waals surface area contributed by atoms with Crippen molar-refractivity contribution in [1.29, 1.82) is 0 Å². The Kier molecular flexibility index (Phi) is 2.98. The van der Waals surface area contributed by atoms with E-state index >= 15 is 0 Å². The zero-order chi connectivity index (χ0) is 11.4. The second-order valence-corrected chi connectivity index (χ2v) is 3.28. The van der Waals surface area contributed by atoms with Gasteiger partial charge in [-0.1, -0.05) is 42.5 Å². The molecule has 16 heavy (non-hydrogen) atoms. The Labute approximate surface area is 92.9 Å². The number of ketones is 1. The topological polar surface area (TPSA) is 46.5 Å². The van der Waals surface area contributed by atoms with Crippen LogP contribution in [0.4, 0.5) is 0 Å². The predicted octanol–water partition coefficient (Wildman–Crippen LogP) is 2.77. The number of hydrogen-bond donors (Lipinski definition) is 1. The highest BCUT2D eigenvalue weighted by atomic mass is 17.1. The van der Waals surface area contributed by atoms with Crippen molar-refractivity contribution in [2.24, 2.45) is 0 Å². The highest BCUT2D eigenvalue weighted by Crippen LogP contribution is 2.20. The molecule has 0 aliphatic carbocycles. The third kappa shape index (κ3) is 1.94. The molecule has 0 aliphatic heterocycles. The lowest BCUT2D eigenvalue weighted by Crippen LogP contribution is -2.03. The number of para-hydroxylation sites is 1. The van der Waals surface area contributed by atoms with Gasteiger partial charge in [-0.05, 0) is 12.1 Å². The van der Waals surface area contributed by atoms with Gasteiger partial charge in [0.2, 0.25) is 0 Å². The van der Waals surface area contributed by atoms with E-state index in [4.69, 9.17) is 5.26 Å². The number of carbonyl (C=O) groups excluding carboxylic acids is 1. The average Bonchev–Trinajstić information content (AvgIpc) is 2.39. The maximum atomic E-state index is 12.0. The summed E-state index contributed by atoms with van der Waals surface area (Å²) < 4.78 is 0. The lowest BCUT2D eigenvalue weighted by Gasteiger charge is -2.04. The van der Waals surface area contributed by atoms with Gasteiger partial charge in [-0.25, -0.2) is 5.26 Å². The van der Waals surface area contributed by atoms with Crippen LogP contribution in [0.1, 0.15) is 15.9 Å². The Balaban J connectivity index is 2.42. The fourth-order valence-corrected chi connectivity index (χ4v) is 1.48. The third-order valence-corrected chi connectivity index (χ3v) is 2.27. The zero-order valence-electron chi connectivity index (χ0n) is 8.46. The van der Waals surface area contributed by atoms with E-state index in [1.165, 1.54) is 6.07 Å². The van der Waals surface area contributed by atoms with Gasteiger partial charge < -0.3 is 4.89 Å². The van der Waals surface area contributed by atoms with Gasteiger partial charge in [0.15, 0.2) is 11.5 Å². The van der Waals surface area contributed by atoms with E-state index in [9.17, 15) is 4.79 Å². The minimum absolute atomic E-state index is 0.163. The largest absolute Gasteiger partial charge is 0.339 e. The molecular formula is C13H10O3. The van der Waals surface area contributed by atoms with Crippen molar-refractivity contribution in [2.75, 3.05) is 0 Å². The van der Waals surface area contributed by atoms with E-state index in [-0.39, 0.29) is 11.5 Å². The van der Waals surface area contributed by atoms with Crippen LogP contribution < -0.4 is 4.89 Å². The van der Waals surface area contributed by atoms with Crippen LogP contribution in [-0.2, 0) is 0 Å². The Bertz CT molecular complexity index is 492. The summed E-state index contributed by atoms with van der Waals surface area (Å²) in [5.74, 6) is -0.0124. The van der Waals surface area contributed by atoms with Gasteiger partial charge in [0, 0.05) is 5.56 Å². The van der Waals surface area contributed by atoms with E-state index in [0.29, 0.717) is 11.1 Å². The van der Waals surface area contributed by atoms with Gasteiger partial charge in [-0.15, -0.1) is 0 Å². The number of hydrogen-bond acceptors (Lipinski definition) is 3. The van der Waals surface area contributed by atoms with E-state index in [2.05, 4.69) is 4.89 Å². The zero-order valence-corrected chi connectivity index (χ0v) is 8.46. The Morgan fingerprint density at radius 2 is 1.56 bits per heavy atom. The normalized spacial score (nSPS) is 9.81. The first kappa shape index (κ1) is 10.4. The van der Waals surface area contributed by atoms with E-state index in [1.807, 2.05) is 6.07 Å². The molecule has 0 unspecified atom stereocenters. The molecule has 3 heteroatoms. The second-order valence-electron chi connectivity index (χ2n) is 3.28. The summed E-state index contributed by atoms with van der Waals surface area (Å²) >= 11 is 0. The molecule has 2 aromatic rings. The van der Waals surface area contributed by atoms with Crippen molar-refractivity contribution in [1.82, 2.24) is 0 Å². The van der Waals surface area contributed by atoms with Gasteiger partial charge in [-0.3, -0.25) is 4.79 Å². The molecule has 0 bridgehead atoms. The van der Waals surface area contributed by atoms with Crippen molar-refractivity contribution >= 4 is 5.78 Å². The van der Waals surface area contributed by atoms with Gasteiger partial charge in [0.05, 0.1) is 5.56 Å². The van der Waals surface area contributed by atoms with Crippen LogP contribution in [0, 0.1) is 0 Å². The van der Waals surface area contributed by atoms with Crippen LogP contribution in [0.5, 0.6) is 5.75 Å². The van der Waals surface area contributed by atoms with E-state index in [1.54, 1.807) is 42.5 Å². The van der Waals surface area contributed by atoms with Crippen molar-refractivity contribution in [3.63, 3.8) is 0 Å². The molecule has 0 aliphatic rings. The molecule has 0 spiro atoms. The SMILES string of the molecule is O=C(c1ccccc1)c1ccccc1OO. The molecule has 0 saturated carbocycles. The minimum Gasteiger partial charge on any atom is -0.339 e. The third-order valence-electron chi connectivity index (χ3n) is 2.27. The summed E-state index contributed by atoms with van der Waals surface area (Å²) in [7, 11) is 0. The van der Waals surface area contributed by atoms with Crippen LogP contribution in [0.2, 0.25) is 0 Å². The Morgan fingerprint density at radius 1 is 0.938 bits per heavy atom. The quantitative estimate of drug-likeness (QED) is 0.485. The maximum Gasteiger partial charge on any atom is 0.196 e. The van der Waals surface area contributed by atoms with Gasteiger partial charge in [0.1, 0.15) is 0 Å². The predicted molar refractivity (Wildman–Crippen MR) is 59.6 cm³/mol. The summed E-state index contributed by atoms with van der Waals surface area (Å²) in [6.07, 6.45) is 0. The van der Waals surface area contributed by atoms with Crippen molar-refractivity contribution < 1.29 is 14.9 Å². The van der Waals surface area contributed by atoms with Gasteiger partial charge in [0.25, 0.3) is 0 Å². The fourth-order valence-electron chi connectivity index (χ4n) is 1.48. The minimum atomic E-state index is -0.176. The van der Waals surface area contributed by atoms with Crippen LogP contribution in [-0.4, -0.2) is 11.0 Å². The number of benzene rings is 2. The molecule has 0 aromatic heterocycles. The van der Waals surface area contributed by atoms with Crippen LogP contribution in [0.15, 0.2) is 54.6 Å². The fraction of sp³-hybridized carbons (Fsp3) is 0. The smallest absolute Gasteiger partial charge is 0.196 e. The van der Waals surface area contributed by atoms with Crippen LogP contribution >= 0.6 is 0 Å². The standard InChI is InChI=1S/C13H10O3/c14-13(10-6-2-1-3-7-10)11-8-4-5-9-12(11)16-15/h1-9,15H.